The van der Waals surface area contributed by atoms with Crippen LogP contribution in [-0.4, -0.2) is 50.9 Å². The topological polar surface area (TPSA) is 96.0 Å². The van der Waals surface area contributed by atoms with Gasteiger partial charge in [0.15, 0.2) is 0 Å². The largest absolute Gasteiger partial charge is 0.494 e. The smallest absolute Gasteiger partial charge is 0.264 e. The first-order valence-corrected chi connectivity index (χ1v) is 14.2. The van der Waals surface area contributed by atoms with E-state index in [0.29, 0.717) is 29.5 Å². The van der Waals surface area contributed by atoms with Crippen molar-refractivity contribution in [3.8, 4) is 5.75 Å². The molecule has 0 spiro atoms. The number of halogens is 2. The van der Waals surface area contributed by atoms with Crippen molar-refractivity contribution in [1.29, 1.82) is 0 Å². The number of nitrogens with zero attached hydrogens (tertiary/aromatic N) is 2. The predicted molar refractivity (Wildman–Crippen MR) is 149 cm³/mol. The van der Waals surface area contributed by atoms with Crippen LogP contribution in [0.15, 0.2) is 77.7 Å². The van der Waals surface area contributed by atoms with E-state index in [0.717, 1.165) is 16.4 Å². The second-order valence-corrected chi connectivity index (χ2v) is 10.9. The minimum Gasteiger partial charge on any atom is -0.494 e. The van der Waals surface area contributed by atoms with Crippen molar-refractivity contribution >= 4 is 39.1 Å². The van der Waals surface area contributed by atoms with Crippen molar-refractivity contribution < 1.29 is 27.1 Å². The summed E-state index contributed by atoms with van der Waals surface area (Å²) in [5, 5.41) is 3.21. The predicted octanol–water partition coefficient (Wildman–Crippen LogP) is 4.63. The summed E-state index contributed by atoms with van der Waals surface area (Å²) >= 11 is 6.00. The molecule has 208 valence electrons. The zero-order chi connectivity index (χ0) is 28.6. The normalized spacial score (nSPS) is 11.9. The molecule has 3 aromatic rings. The number of hydrogen-bond acceptors (Lipinski definition) is 5. The Kier molecular flexibility index (Phi) is 10.3. The van der Waals surface area contributed by atoms with Gasteiger partial charge in [-0.2, -0.15) is 0 Å². The third-order valence-electron chi connectivity index (χ3n) is 5.90. The number of amides is 2. The van der Waals surface area contributed by atoms with E-state index < -0.39 is 34.3 Å². The second kappa shape index (κ2) is 13.4. The average Bonchev–Trinajstić information content (AvgIpc) is 2.92. The molecule has 0 radical (unpaired) electrons. The van der Waals surface area contributed by atoms with Gasteiger partial charge in [-0.1, -0.05) is 23.7 Å². The molecule has 0 aliphatic rings. The molecule has 0 fully saturated rings. The standard InChI is InChI=1S/C28H31ClFN3O5S/c1-4-31-28(35)20(3)32(18-21-6-8-22(29)9-7-21)27(34)19-33(24-12-10-23(30)11-13-24)39(36,37)26-16-14-25(15-17-26)38-5-2/h6-17,20H,4-5,18-19H2,1-3H3,(H,31,35)/t20-/m0/s1. The lowest BCUT2D eigenvalue weighted by atomic mass is 10.1. The first kappa shape index (κ1) is 29.9. The molecule has 0 saturated heterocycles. The molecule has 8 nitrogen and oxygen atoms in total. The molecule has 0 unspecified atom stereocenters. The quantitative estimate of drug-likeness (QED) is 0.340. The van der Waals surface area contributed by atoms with Gasteiger partial charge in [-0.15, -0.1) is 0 Å². The van der Waals surface area contributed by atoms with Crippen LogP contribution in [0.2, 0.25) is 5.02 Å². The molecule has 3 rings (SSSR count). The van der Waals surface area contributed by atoms with Crippen LogP contribution in [0.5, 0.6) is 5.75 Å². The third-order valence-corrected chi connectivity index (χ3v) is 7.94. The highest BCUT2D eigenvalue weighted by Crippen LogP contribution is 2.26. The van der Waals surface area contributed by atoms with Gasteiger partial charge in [0.2, 0.25) is 11.8 Å². The van der Waals surface area contributed by atoms with Gasteiger partial charge < -0.3 is 15.0 Å². The van der Waals surface area contributed by atoms with E-state index in [1.54, 1.807) is 38.1 Å². The summed E-state index contributed by atoms with van der Waals surface area (Å²) in [6, 6.07) is 16.5. The summed E-state index contributed by atoms with van der Waals surface area (Å²) in [5.74, 6) is -1.08. The molecule has 11 heteroatoms. The van der Waals surface area contributed by atoms with Gasteiger partial charge in [0.1, 0.15) is 24.2 Å². The summed E-state index contributed by atoms with van der Waals surface area (Å²) < 4.78 is 47.6. The number of rotatable bonds is 12. The van der Waals surface area contributed by atoms with Crippen LogP contribution in [0.4, 0.5) is 10.1 Å². The number of benzene rings is 3. The fourth-order valence-electron chi connectivity index (χ4n) is 3.83. The van der Waals surface area contributed by atoms with Gasteiger partial charge in [0.05, 0.1) is 17.2 Å². The SMILES string of the molecule is CCNC(=O)[C@H](C)N(Cc1ccc(Cl)cc1)C(=O)CN(c1ccc(F)cc1)S(=O)(=O)c1ccc(OCC)cc1. The Morgan fingerprint density at radius 3 is 2.15 bits per heavy atom. The maximum absolute atomic E-state index is 13.8. The van der Waals surface area contributed by atoms with E-state index >= 15 is 0 Å². The molecule has 0 aliphatic heterocycles. The van der Waals surface area contributed by atoms with Gasteiger partial charge in [-0.3, -0.25) is 13.9 Å². The van der Waals surface area contributed by atoms with E-state index in [-0.39, 0.29) is 23.0 Å². The molecular formula is C28H31ClFN3O5S. The summed E-state index contributed by atoms with van der Waals surface area (Å²) in [6.07, 6.45) is 0. The molecule has 0 aliphatic carbocycles. The van der Waals surface area contributed by atoms with Gasteiger partial charge >= 0.3 is 0 Å². The number of nitrogens with one attached hydrogen (secondary N) is 1. The number of hydrogen-bond donors (Lipinski definition) is 1. The number of anilines is 1. The van der Waals surface area contributed by atoms with Crippen molar-refractivity contribution in [3.63, 3.8) is 0 Å². The summed E-state index contributed by atoms with van der Waals surface area (Å²) in [5.41, 5.74) is 0.794. The van der Waals surface area contributed by atoms with Crippen molar-refractivity contribution in [2.24, 2.45) is 0 Å². The molecule has 1 N–H and O–H groups in total. The molecule has 3 aromatic carbocycles. The van der Waals surface area contributed by atoms with E-state index in [1.807, 2.05) is 6.92 Å². The van der Waals surface area contributed by atoms with Crippen LogP contribution < -0.4 is 14.4 Å². The molecule has 0 heterocycles. The number of ether oxygens (including phenoxy) is 1. The molecule has 1 atom stereocenters. The van der Waals surface area contributed by atoms with Crippen LogP contribution in [0.1, 0.15) is 26.3 Å². The van der Waals surface area contributed by atoms with Gasteiger partial charge in [0, 0.05) is 18.1 Å². The first-order chi connectivity index (χ1) is 18.6. The first-order valence-electron chi connectivity index (χ1n) is 12.4. The van der Waals surface area contributed by atoms with E-state index in [1.165, 1.54) is 41.3 Å². The third kappa shape index (κ3) is 7.70. The van der Waals surface area contributed by atoms with Crippen molar-refractivity contribution in [2.75, 3.05) is 24.0 Å². The molecule has 0 saturated carbocycles. The average molecular weight is 576 g/mol. The Labute approximate surface area is 233 Å². The van der Waals surface area contributed by atoms with Crippen LogP contribution >= 0.6 is 11.6 Å². The summed E-state index contributed by atoms with van der Waals surface area (Å²) in [7, 11) is -4.27. The number of carbonyl (C=O) groups excluding carboxylic acids is 2. The lowest BCUT2D eigenvalue weighted by Gasteiger charge is -2.32. The Hall–Kier alpha value is -3.63. The highest BCUT2D eigenvalue weighted by Gasteiger charge is 2.32. The molecule has 39 heavy (non-hydrogen) atoms. The van der Waals surface area contributed by atoms with E-state index in [2.05, 4.69) is 5.32 Å². The zero-order valence-electron chi connectivity index (χ0n) is 21.9. The minimum atomic E-state index is -4.27. The Morgan fingerprint density at radius 2 is 1.59 bits per heavy atom. The zero-order valence-corrected chi connectivity index (χ0v) is 23.5. The molecule has 2 amide bonds. The fraction of sp³-hybridized carbons (Fsp3) is 0.286. The minimum absolute atomic E-state index is 0.0364. The van der Waals surface area contributed by atoms with Gasteiger partial charge in [-0.25, -0.2) is 12.8 Å². The number of likely N-dealkylation sites (N-methyl/N-ethyl adjacent to an activating group) is 1. The van der Waals surface area contributed by atoms with Crippen LogP contribution in [0, 0.1) is 5.82 Å². The molecular weight excluding hydrogens is 545 g/mol. The number of carbonyl (C=O) groups is 2. The van der Waals surface area contributed by atoms with Crippen molar-refractivity contribution in [2.45, 2.75) is 38.3 Å². The number of sulfonamides is 1. The Balaban J connectivity index is 2.00. The van der Waals surface area contributed by atoms with Gasteiger partial charge in [0.25, 0.3) is 10.0 Å². The Morgan fingerprint density at radius 1 is 0.974 bits per heavy atom. The maximum atomic E-state index is 13.8. The summed E-state index contributed by atoms with van der Waals surface area (Å²) in [4.78, 5) is 27.7. The molecule has 0 aromatic heterocycles. The highest BCUT2D eigenvalue weighted by molar-refractivity contribution is 7.92. The van der Waals surface area contributed by atoms with E-state index in [4.69, 9.17) is 16.3 Å². The van der Waals surface area contributed by atoms with Crippen LogP contribution in [-0.2, 0) is 26.2 Å². The second-order valence-electron chi connectivity index (χ2n) is 8.61. The highest BCUT2D eigenvalue weighted by atomic mass is 35.5. The van der Waals surface area contributed by atoms with Crippen molar-refractivity contribution in [3.05, 3.63) is 89.2 Å². The van der Waals surface area contributed by atoms with Crippen molar-refractivity contribution in [1.82, 2.24) is 10.2 Å². The van der Waals surface area contributed by atoms with Crippen LogP contribution in [0.25, 0.3) is 0 Å². The Bertz CT molecular complexity index is 1370. The van der Waals surface area contributed by atoms with E-state index in [9.17, 15) is 22.4 Å². The lowest BCUT2D eigenvalue weighted by Crippen LogP contribution is -2.51. The lowest BCUT2D eigenvalue weighted by molar-refractivity contribution is -0.139. The fourth-order valence-corrected chi connectivity index (χ4v) is 5.37. The summed E-state index contributed by atoms with van der Waals surface area (Å²) in [6.45, 7) is 5.32. The van der Waals surface area contributed by atoms with Crippen LogP contribution in [0.3, 0.4) is 0 Å². The van der Waals surface area contributed by atoms with Gasteiger partial charge in [-0.05, 0) is 87.0 Å². The maximum Gasteiger partial charge on any atom is 0.264 e. The molecule has 0 bridgehead atoms. The monoisotopic (exact) mass is 575 g/mol.